The smallest absolute Gasteiger partial charge is 0.273 e. The molecule has 1 fully saturated rings. The van der Waals surface area contributed by atoms with Gasteiger partial charge in [-0.25, -0.2) is 4.98 Å². The van der Waals surface area contributed by atoms with Crippen molar-refractivity contribution >= 4 is 49.0 Å². The Morgan fingerprint density at radius 2 is 1.94 bits per heavy atom. The number of hydrogen-bond acceptors (Lipinski definition) is 7. The van der Waals surface area contributed by atoms with Gasteiger partial charge in [-0.2, -0.15) is 8.42 Å². The predicted octanol–water partition coefficient (Wildman–Crippen LogP) is 4.32. The summed E-state index contributed by atoms with van der Waals surface area (Å²) in [4.78, 5) is 20.7. The van der Waals surface area contributed by atoms with Gasteiger partial charge in [0.15, 0.2) is 0 Å². The lowest BCUT2D eigenvalue weighted by Crippen LogP contribution is -2.25. The first-order chi connectivity index (χ1) is 15.8. The summed E-state index contributed by atoms with van der Waals surface area (Å²) in [5.41, 5.74) is 1.58. The number of rotatable bonds is 5. The summed E-state index contributed by atoms with van der Waals surface area (Å²) in [7, 11) is -3.49. The fourth-order valence-corrected chi connectivity index (χ4v) is 5.83. The fourth-order valence-electron chi connectivity index (χ4n) is 3.96. The number of aromatic nitrogens is 2. The highest BCUT2D eigenvalue weighted by atomic mass is 35.5. The number of benzene rings is 1. The average molecular weight is 502 g/mol. The molecule has 0 amide bonds. The minimum Gasteiger partial charge on any atom is -0.354 e. The fraction of sp³-hybridized carbons (Fsp3) is 0.217. The standard InChI is InChI=1S/C23H20ClN3O4S2/c1-33(29,30)31-19-9-10-26(14-19)21-7-6-18(13-25-21)27-11-8-16-12-20(32-22(16)23(27)28)15-2-4-17(24)5-3-15/h2-8,11-13,19H,9-10,14H2,1H3/t19-/m0/s1. The van der Waals surface area contributed by atoms with Crippen LogP contribution in [0.4, 0.5) is 5.82 Å². The van der Waals surface area contributed by atoms with Crippen molar-refractivity contribution in [1.29, 1.82) is 0 Å². The molecule has 1 atom stereocenters. The largest absolute Gasteiger partial charge is 0.354 e. The summed E-state index contributed by atoms with van der Waals surface area (Å²) < 4.78 is 30.1. The average Bonchev–Trinajstić information content (AvgIpc) is 3.41. The van der Waals surface area contributed by atoms with E-state index in [9.17, 15) is 13.2 Å². The molecule has 0 spiro atoms. The summed E-state index contributed by atoms with van der Waals surface area (Å²) >= 11 is 7.44. The van der Waals surface area contributed by atoms with Crippen molar-refractivity contribution in [1.82, 2.24) is 9.55 Å². The van der Waals surface area contributed by atoms with Gasteiger partial charge in [0.1, 0.15) is 10.5 Å². The van der Waals surface area contributed by atoms with Gasteiger partial charge in [0.25, 0.3) is 15.7 Å². The first-order valence-corrected chi connectivity index (χ1v) is 13.3. The Balaban J connectivity index is 1.40. The van der Waals surface area contributed by atoms with Crippen molar-refractivity contribution in [2.24, 2.45) is 0 Å². The molecule has 0 saturated carbocycles. The zero-order valence-corrected chi connectivity index (χ0v) is 20.0. The zero-order chi connectivity index (χ0) is 23.2. The van der Waals surface area contributed by atoms with Crippen LogP contribution in [-0.4, -0.2) is 43.4 Å². The quantitative estimate of drug-likeness (QED) is 0.379. The third-order valence-electron chi connectivity index (χ3n) is 5.50. The molecule has 170 valence electrons. The van der Waals surface area contributed by atoms with Crippen LogP contribution in [0.2, 0.25) is 5.02 Å². The Labute approximate surface area is 200 Å². The van der Waals surface area contributed by atoms with Gasteiger partial charge in [-0.3, -0.25) is 13.5 Å². The Hall–Kier alpha value is -2.72. The van der Waals surface area contributed by atoms with Gasteiger partial charge >= 0.3 is 0 Å². The minimum absolute atomic E-state index is 0.102. The SMILES string of the molecule is CS(=O)(=O)O[C@H]1CCN(c2ccc(-n3ccc4cc(-c5ccc(Cl)cc5)sc4c3=O)cn2)C1. The second kappa shape index (κ2) is 8.57. The second-order valence-electron chi connectivity index (χ2n) is 7.92. The van der Waals surface area contributed by atoms with Crippen LogP contribution >= 0.6 is 22.9 Å². The Kier molecular flexibility index (Phi) is 5.74. The number of nitrogens with zero attached hydrogens (tertiary/aromatic N) is 3. The van der Waals surface area contributed by atoms with Crippen molar-refractivity contribution in [2.75, 3.05) is 24.2 Å². The summed E-state index contributed by atoms with van der Waals surface area (Å²) in [6, 6.07) is 15.2. The maximum Gasteiger partial charge on any atom is 0.273 e. The van der Waals surface area contributed by atoms with Crippen LogP contribution in [0.3, 0.4) is 0 Å². The number of thiophene rings is 1. The molecule has 1 aromatic carbocycles. The van der Waals surface area contributed by atoms with E-state index < -0.39 is 10.1 Å². The maximum absolute atomic E-state index is 13.2. The van der Waals surface area contributed by atoms with Gasteiger partial charge in [-0.15, -0.1) is 11.3 Å². The molecular formula is C23H20ClN3O4S2. The van der Waals surface area contributed by atoms with E-state index >= 15 is 0 Å². The van der Waals surface area contributed by atoms with Gasteiger partial charge in [0, 0.05) is 34.6 Å². The molecule has 1 saturated heterocycles. The third-order valence-corrected chi connectivity index (χ3v) is 7.56. The van der Waals surface area contributed by atoms with E-state index in [0.29, 0.717) is 40.7 Å². The lowest BCUT2D eigenvalue weighted by atomic mass is 10.2. The third kappa shape index (κ3) is 4.67. The summed E-state index contributed by atoms with van der Waals surface area (Å²) in [5.74, 6) is 0.716. The summed E-state index contributed by atoms with van der Waals surface area (Å²) in [6.45, 7) is 1.11. The lowest BCUT2D eigenvalue weighted by Gasteiger charge is -2.17. The van der Waals surface area contributed by atoms with Crippen molar-refractivity contribution in [2.45, 2.75) is 12.5 Å². The lowest BCUT2D eigenvalue weighted by molar-refractivity contribution is 0.234. The Bertz CT molecular complexity index is 1480. The summed E-state index contributed by atoms with van der Waals surface area (Å²) in [5, 5.41) is 1.57. The van der Waals surface area contributed by atoms with Gasteiger partial charge in [0.05, 0.1) is 24.2 Å². The molecule has 5 rings (SSSR count). The van der Waals surface area contributed by atoms with Gasteiger partial charge in [-0.05, 0) is 48.4 Å². The van der Waals surface area contributed by atoms with E-state index in [1.54, 1.807) is 17.0 Å². The topological polar surface area (TPSA) is 81.5 Å². The molecule has 33 heavy (non-hydrogen) atoms. The molecule has 0 unspecified atom stereocenters. The number of hydrogen-bond donors (Lipinski definition) is 0. The monoisotopic (exact) mass is 501 g/mol. The molecular weight excluding hydrogens is 482 g/mol. The Morgan fingerprint density at radius 1 is 1.15 bits per heavy atom. The van der Waals surface area contributed by atoms with Crippen LogP contribution in [0.25, 0.3) is 26.2 Å². The van der Waals surface area contributed by atoms with Gasteiger partial charge < -0.3 is 4.90 Å². The minimum atomic E-state index is -3.49. The van der Waals surface area contributed by atoms with Gasteiger partial charge in [-0.1, -0.05) is 23.7 Å². The highest BCUT2D eigenvalue weighted by molar-refractivity contribution is 7.86. The number of pyridine rings is 2. The van der Waals surface area contributed by atoms with Crippen molar-refractivity contribution in [3.63, 3.8) is 0 Å². The van der Waals surface area contributed by atoms with E-state index in [4.69, 9.17) is 15.8 Å². The molecule has 0 bridgehead atoms. The van der Waals surface area contributed by atoms with Crippen LogP contribution in [0, 0.1) is 0 Å². The molecule has 10 heteroatoms. The predicted molar refractivity (Wildman–Crippen MR) is 132 cm³/mol. The molecule has 1 aliphatic rings. The number of anilines is 1. The van der Waals surface area contributed by atoms with Crippen LogP contribution in [0.5, 0.6) is 0 Å². The normalized spacial score (nSPS) is 16.5. The molecule has 4 heterocycles. The molecule has 4 aromatic rings. The van der Waals surface area contributed by atoms with Crippen molar-refractivity contribution < 1.29 is 12.6 Å². The van der Waals surface area contributed by atoms with E-state index in [0.717, 1.165) is 22.1 Å². The maximum atomic E-state index is 13.2. The van der Waals surface area contributed by atoms with E-state index in [1.807, 2.05) is 53.4 Å². The molecule has 1 aliphatic heterocycles. The highest BCUT2D eigenvalue weighted by Gasteiger charge is 2.27. The van der Waals surface area contributed by atoms with Gasteiger partial charge in [0.2, 0.25) is 0 Å². The van der Waals surface area contributed by atoms with E-state index in [1.165, 1.54) is 11.3 Å². The van der Waals surface area contributed by atoms with Crippen LogP contribution in [0.15, 0.2) is 65.7 Å². The highest BCUT2D eigenvalue weighted by Crippen LogP contribution is 2.32. The first kappa shape index (κ1) is 22.1. The number of halogens is 1. The Morgan fingerprint density at radius 3 is 2.64 bits per heavy atom. The van der Waals surface area contributed by atoms with E-state index in [-0.39, 0.29) is 11.7 Å². The molecule has 0 N–H and O–H groups in total. The van der Waals surface area contributed by atoms with E-state index in [2.05, 4.69) is 4.98 Å². The van der Waals surface area contributed by atoms with Crippen LogP contribution < -0.4 is 10.5 Å². The van der Waals surface area contributed by atoms with Crippen molar-refractivity contribution in [3.8, 4) is 16.1 Å². The molecule has 0 aliphatic carbocycles. The second-order valence-corrected chi connectivity index (χ2v) is 11.0. The molecule has 0 radical (unpaired) electrons. The van der Waals surface area contributed by atoms with Crippen molar-refractivity contribution in [3.05, 3.63) is 76.3 Å². The van der Waals surface area contributed by atoms with Crippen LogP contribution in [0.1, 0.15) is 6.42 Å². The molecule has 7 nitrogen and oxygen atoms in total. The zero-order valence-electron chi connectivity index (χ0n) is 17.6. The first-order valence-electron chi connectivity index (χ1n) is 10.3. The van der Waals surface area contributed by atoms with Crippen LogP contribution in [-0.2, 0) is 14.3 Å². The summed E-state index contributed by atoms with van der Waals surface area (Å²) in [6.07, 6.45) is 4.71. The number of fused-ring (bicyclic) bond motifs is 1. The molecule has 3 aromatic heterocycles.